The minimum atomic E-state index is -0.291. The lowest BCUT2D eigenvalue weighted by atomic mass is 9.96. The maximum atomic E-state index is 13.7. The molecule has 4 heterocycles. The van der Waals surface area contributed by atoms with Crippen LogP contribution >= 0.6 is 0 Å². The summed E-state index contributed by atoms with van der Waals surface area (Å²) in [4.78, 5) is 20.8. The van der Waals surface area contributed by atoms with Gasteiger partial charge in [-0.15, -0.1) is 0 Å². The molecule has 4 aromatic rings. The molecule has 1 N–H and O–H groups in total. The van der Waals surface area contributed by atoms with E-state index in [2.05, 4.69) is 26.3 Å². The summed E-state index contributed by atoms with van der Waals surface area (Å²) < 4.78 is 13.7. The van der Waals surface area contributed by atoms with Crippen molar-refractivity contribution in [3.63, 3.8) is 0 Å². The number of likely N-dealkylation sites (tertiary alicyclic amines) is 1. The van der Waals surface area contributed by atoms with Gasteiger partial charge < -0.3 is 5.32 Å². The summed E-state index contributed by atoms with van der Waals surface area (Å²) >= 11 is 0. The zero-order chi connectivity index (χ0) is 22.5. The van der Waals surface area contributed by atoms with E-state index in [1.54, 1.807) is 18.5 Å². The van der Waals surface area contributed by atoms with Gasteiger partial charge in [0, 0.05) is 54.9 Å². The van der Waals surface area contributed by atoms with Crippen molar-refractivity contribution < 1.29 is 4.39 Å². The number of pyridine rings is 2. The van der Waals surface area contributed by atoms with Gasteiger partial charge in [0.25, 0.3) is 0 Å². The van der Waals surface area contributed by atoms with Gasteiger partial charge in [0.15, 0.2) is 0 Å². The van der Waals surface area contributed by atoms with E-state index < -0.39 is 0 Å². The molecule has 0 aliphatic carbocycles. The molecule has 1 aromatic carbocycles. The number of anilines is 2. The molecule has 0 spiro atoms. The molecule has 166 valence electrons. The molecule has 33 heavy (non-hydrogen) atoms. The third-order valence-corrected chi connectivity index (χ3v) is 5.80. The Kier molecular flexibility index (Phi) is 6.30. The third-order valence-electron chi connectivity index (χ3n) is 5.80. The van der Waals surface area contributed by atoms with Gasteiger partial charge in [0.1, 0.15) is 17.5 Å². The van der Waals surface area contributed by atoms with Crippen LogP contribution in [0.25, 0.3) is 11.3 Å². The normalized spacial score (nSPS) is 16.5. The summed E-state index contributed by atoms with van der Waals surface area (Å²) in [6.07, 6.45) is 7.45. The van der Waals surface area contributed by atoms with E-state index in [0.717, 1.165) is 55.3 Å². The monoisotopic (exact) mass is 440 g/mol. The summed E-state index contributed by atoms with van der Waals surface area (Å²) in [7, 11) is 0. The third kappa shape index (κ3) is 5.38. The minimum Gasteiger partial charge on any atom is -0.340 e. The number of nitrogens with one attached hydrogen (secondary N) is 1. The van der Waals surface area contributed by atoms with Gasteiger partial charge in [-0.2, -0.15) is 0 Å². The predicted molar refractivity (Wildman–Crippen MR) is 126 cm³/mol. The fraction of sp³-hybridized carbons (Fsp3) is 0.231. The number of hydrogen-bond donors (Lipinski definition) is 1. The van der Waals surface area contributed by atoms with Crippen molar-refractivity contribution >= 4 is 11.5 Å². The van der Waals surface area contributed by atoms with E-state index in [4.69, 9.17) is 9.97 Å². The van der Waals surface area contributed by atoms with Crippen molar-refractivity contribution in [2.45, 2.75) is 25.3 Å². The molecule has 1 aliphatic rings. The first kappa shape index (κ1) is 21.2. The summed E-state index contributed by atoms with van der Waals surface area (Å²) in [5, 5.41) is 3.26. The molecule has 1 unspecified atom stereocenters. The van der Waals surface area contributed by atoms with E-state index in [1.807, 2.05) is 42.6 Å². The predicted octanol–water partition coefficient (Wildman–Crippen LogP) is 5.20. The molecule has 3 aromatic heterocycles. The van der Waals surface area contributed by atoms with Crippen LogP contribution in [-0.2, 0) is 6.54 Å². The Labute approximate surface area is 192 Å². The van der Waals surface area contributed by atoms with Crippen LogP contribution in [0, 0.1) is 5.82 Å². The van der Waals surface area contributed by atoms with Crippen LogP contribution in [0.5, 0.6) is 0 Å². The van der Waals surface area contributed by atoms with Gasteiger partial charge in [-0.1, -0.05) is 12.1 Å². The van der Waals surface area contributed by atoms with Gasteiger partial charge in [0.2, 0.25) is 0 Å². The Morgan fingerprint density at radius 2 is 1.88 bits per heavy atom. The summed E-state index contributed by atoms with van der Waals surface area (Å²) in [5.74, 6) is 1.37. The second kappa shape index (κ2) is 9.83. The maximum absolute atomic E-state index is 13.7. The Balaban J connectivity index is 1.44. The smallest absolute Gasteiger partial charge is 0.135 e. The van der Waals surface area contributed by atoms with Crippen LogP contribution in [0.3, 0.4) is 0 Å². The van der Waals surface area contributed by atoms with Crippen LogP contribution < -0.4 is 5.32 Å². The molecule has 1 aliphatic heterocycles. The number of rotatable bonds is 6. The summed E-state index contributed by atoms with van der Waals surface area (Å²) in [6.45, 7) is 2.72. The van der Waals surface area contributed by atoms with Gasteiger partial charge in [-0.05, 0) is 61.9 Å². The molecular formula is C26H25FN6. The SMILES string of the molecule is Fc1cccc(Nc2cc(-c3ccncc3)nc(C3CCCN(Cc4ccccn4)C3)n2)c1. The summed E-state index contributed by atoms with van der Waals surface area (Å²) in [5.41, 5.74) is 3.51. The van der Waals surface area contributed by atoms with Crippen molar-refractivity contribution in [1.82, 2.24) is 24.8 Å². The van der Waals surface area contributed by atoms with E-state index in [-0.39, 0.29) is 11.7 Å². The zero-order valence-electron chi connectivity index (χ0n) is 18.2. The maximum Gasteiger partial charge on any atom is 0.135 e. The Morgan fingerprint density at radius 1 is 0.970 bits per heavy atom. The lowest BCUT2D eigenvalue weighted by molar-refractivity contribution is 0.194. The molecule has 0 amide bonds. The first-order valence-corrected chi connectivity index (χ1v) is 11.2. The second-order valence-corrected chi connectivity index (χ2v) is 8.26. The average molecular weight is 441 g/mol. The van der Waals surface area contributed by atoms with Crippen LogP contribution in [0.1, 0.15) is 30.3 Å². The summed E-state index contributed by atoms with van der Waals surface area (Å²) in [6, 6.07) is 18.2. The largest absolute Gasteiger partial charge is 0.340 e. The number of nitrogens with zero attached hydrogens (tertiary/aromatic N) is 5. The molecule has 5 rings (SSSR count). The van der Waals surface area contributed by atoms with E-state index in [9.17, 15) is 4.39 Å². The number of benzene rings is 1. The zero-order valence-corrected chi connectivity index (χ0v) is 18.2. The number of piperidine rings is 1. The number of halogens is 1. The van der Waals surface area contributed by atoms with E-state index >= 15 is 0 Å². The molecule has 1 saturated heterocycles. The number of aromatic nitrogens is 4. The van der Waals surface area contributed by atoms with Crippen molar-refractivity contribution in [2.24, 2.45) is 0 Å². The quantitative estimate of drug-likeness (QED) is 0.445. The van der Waals surface area contributed by atoms with Crippen molar-refractivity contribution in [1.29, 1.82) is 0 Å². The van der Waals surface area contributed by atoms with Gasteiger partial charge >= 0.3 is 0 Å². The minimum absolute atomic E-state index is 0.206. The molecule has 6 nitrogen and oxygen atoms in total. The van der Waals surface area contributed by atoms with Gasteiger partial charge in [-0.3, -0.25) is 14.9 Å². The molecule has 0 saturated carbocycles. The first-order chi connectivity index (χ1) is 16.2. The Hall–Kier alpha value is -3.71. The van der Waals surface area contributed by atoms with Crippen LogP contribution in [0.2, 0.25) is 0 Å². The lowest BCUT2D eigenvalue weighted by Crippen LogP contribution is -2.34. The highest BCUT2D eigenvalue weighted by Gasteiger charge is 2.25. The van der Waals surface area contributed by atoms with Crippen LogP contribution in [0.4, 0.5) is 15.9 Å². The Bertz CT molecular complexity index is 1200. The van der Waals surface area contributed by atoms with E-state index in [0.29, 0.717) is 11.5 Å². The molecule has 0 bridgehead atoms. The van der Waals surface area contributed by atoms with Crippen molar-refractivity contribution in [3.05, 3.63) is 96.6 Å². The van der Waals surface area contributed by atoms with Crippen LogP contribution in [0.15, 0.2) is 79.3 Å². The Morgan fingerprint density at radius 3 is 2.70 bits per heavy atom. The molecule has 1 atom stereocenters. The molecule has 7 heteroatoms. The fourth-order valence-electron chi connectivity index (χ4n) is 4.23. The highest BCUT2D eigenvalue weighted by atomic mass is 19.1. The van der Waals surface area contributed by atoms with E-state index in [1.165, 1.54) is 12.1 Å². The van der Waals surface area contributed by atoms with Gasteiger partial charge in [-0.25, -0.2) is 14.4 Å². The van der Waals surface area contributed by atoms with Crippen molar-refractivity contribution in [2.75, 3.05) is 18.4 Å². The molecular weight excluding hydrogens is 415 g/mol. The molecule has 1 fully saturated rings. The van der Waals surface area contributed by atoms with Crippen molar-refractivity contribution in [3.8, 4) is 11.3 Å². The standard InChI is InChI=1S/C26H25FN6/c27-21-6-3-8-22(15-21)30-25-16-24(19-9-12-28-13-10-19)31-26(32-25)20-5-4-14-33(17-20)18-23-7-1-2-11-29-23/h1-3,6-13,15-16,20H,4-5,14,17-18H2,(H,30,31,32). The number of hydrogen-bond acceptors (Lipinski definition) is 6. The topological polar surface area (TPSA) is 66.8 Å². The first-order valence-electron chi connectivity index (χ1n) is 11.2. The highest BCUT2D eigenvalue weighted by molar-refractivity contribution is 5.65. The van der Waals surface area contributed by atoms with Crippen LogP contribution in [-0.4, -0.2) is 37.9 Å². The average Bonchev–Trinajstić information content (AvgIpc) is 2.85. The lowest BCUT2D eigenvalue weighted by Gasteiger charge is -2.32. The highest BCUT2D eigenvalue weighted by Crippen LogP contribution is 2.29. The fourth-order valence-corrected chi connectivity index (χ4v) is 4.23. The second-order valence-electron chi connectivity index (χ2n) is 8.26. The van der Waals surface area contributed by atoms with Gasteiger partial charge in [0.05, 0.1) is 11.4 Å². The molecule has 0 radical (unpaired) electrons.